The number of phenolic OH excluding ortho intramolecular Hbond substituents is 1. The first kappa shape index (κ1) is 11.8. The molecule has 0 unspecified atom stereocenters. The zero-order valence-corrected chi connectivity index (χ0v) is 10.7. The van der Waals surface area contributed by atoms with Crippen molar-refractivity contribution in [3.63, 3.8) is 0 Å². The molecule has 1 aliphatic rings. The van der Waals surface area contributed by atoms with Crippen molar-refractivity contribution in [1.29, 1.82) is 0 Å². The number of aromatic nitrogens is 2. The lowest BCUT2D eigenvalue weighted by molar-refractivity contribution is 0.0707. The normalized spacial score (nSPS) is 14.3. The molecule has 1 aromatic heterocycles. The predicted octanol–water partition coefficient (Wildman–Crippen LogP) is 1.55. The number of aryl methyl sites for hydroxylation is 1. The van der Waals surface area contributed by atoms with Gasteiger partial charge in [-0.1, -0.05) is 6.07 Å². The number of carbonyl (C=O) groups excluding carboxylic acids is 1. The van der Waals surface area contributed by atoms with Crippen LogP contribution in [0.15, 0.2) is 30.6 Å². The third kappa shape index (κ3) is 2.07. The molecule has 0 radical (unpaired) electrons. The van der Waals surface area contributed by atoms with Gasteiger partial charge in [-0.05, 0) is 24.6 Å². The van der Waals surface area contributed by atoms with Gasteiger partial charge in [-0.2, -0.15) is 0 Å². The summed E-state index contributed by atoms with van der Waals surface area (Å²) >= 11 is 0. The molecule has 5 nitrogen and oxygen atoms in total. The molecule has 3 rings (SSSR count). The monoisotopic (exact) mass is 257 g/mol. The minimum atomic E-state index is -0.0652. The molecular formula is C14H15N3O2. The van der Waals surface area contributed by atoms with E-state index >= 15 is 0 Å². The molecule has 1 aliphatic heterocycles. The Hall–Kier alpha value is -2.30. The van der Waals surface area contributed by atoms with Crippen molar-refractivity contribution in [2.45, 2.75) is 20.0 Å². The summed E-state index contributed by atoms with van der Waals surface area (Å²) in [5, 5.41) is 9.68. The molecule has 5 heteroatoms. The van der Waals surface area contributed by atoms with E-state index in [1.54, 1.807) is 30.2 Å². The van der Waals surface area contributed by atoms with E-state index in [0.29, 0.717) is 18.7 Å². The number of hydrogen-bond acceptors (Lipinski definition) is 3. The maximum Gasteiger partial charge on any atom is 0.254 e. The van der Waals surface area contributed by atoms with Gasteiger partial charge >= 0.3 is 0 Å². The molecule has 98 valence electrons. The maximum absolute atomic E-state index is 12.4. The average Bonchev–Trinajstić information content (AvgIpc) is 2.88. The Morgan fingerprint density at radius 2 is 2.21 bits per heavy atom. The van der Waals surface area contributed by atoms with E-state index in [1.165, 1.54) is 6.07 Å². The first-order valence-corrected chi connectivity index (χ1v) is 6.24. The molecule has 1 amide bonds. The number of benzene rings is 1. The lowest BCUT2D eigenvalue weighted by atomic mass is 10.1. The van der Waals surface area contributed by atoms with E-state index in [1.807, 2.05) is 6.20 Å². The first-order valence-electron chi connectivity index (χ1n) is 6.24. The standard InChI is InChI=1S/C14H15N3O2/c1-10-2-3-11(8-12(10)18)14(19)17-7-6-16-5-4-15-13(16)9-17/h2-5,8,18H,6-7,9H2,1H3. The summed E-state index contributed by atoms with van der Waals surface area (Å²) in [7, 11) is 0. The zero-order chi connectivity index (χ0) is 13.4. The van der Waals surface area contributed by atoms with E-state index in [0.717, 1.165) is 17.9 Å². The molecule has 19 heavy (non-hydrogen) atoms. The third-order valence-electron chi connectivity index (χ3n) is 3.49. The van der Waals surface area contributed by atoms with Crippen LogP contribution in [0, 0.1) is 6.92 Å². The molecule has 1 N–H and O–H groups in total. The Morgan fingerprint density at radius 1 is 1.37 bits per heavy atom. The quantitative estimate of drug-likeness (QED) is 0.843. The second kappa shape index (κ2) is 4.42. The zero-order valence-electron chi connectivity index (χ0n) is 10.7. The summed E-state index contributed by atoms with van der Waals surface area (Å²) in [6.07, 6.45) is 3.68. The van der Waals surface area contributed by atoms with Gasteiger partial charge in [0.05, 0.1) is 6.54 Å². The number of rotatable bonds is 1. The van der Waals surface area contributed by atoms with E-state index in [4.69, 9.17) is 0 Å². The Bertz CT molecular complexity index is 633. The summed E-state index contributed by atoms with van der Waals surface area (Å²) in [5.41, 5.74) is 1.29. The highest BCUT2D eigenvalue weighted by atomic mass is 16.3. The topological polar surface area (TPSA) is 58.4 Å². The molecule has 0 saturated heterocycles. The lowest BCUT2D eigenvalue weighted by Gasteiger charge is -2.27. The molecule has 2 aromatic rings. The molecule has 0 aliphatic carbocycles. The number of amides is 1. The van der Waals surface area contributed by atoms with Gasteiger partial charge in [-0.15, -0.1) is 0 Å². The summed E-state index contributed by atoms with van der Waals surface area (Å²) < 4.78 is 2.05. The number of hydrogen-bond donors (Lipinski definition) is 1. The van der Waals surface area contributed by atoms with E-state index < -0.39 is 0 Å². The minimum Gasteiger partial charge on any atom is -0.508 e. The van der Waals surface area contributed by atoms with Crippen LogP contribution in [0.5, 0.6) is 5.75 Å². The number of carbonyl (C=O) groups is 1. The molecular weight excluding hydrogens is 242 g/mol. The van der Waals surface area contributed by atoms with Crippen molar-refractivity contribution in [2.24, 2.45) is 0 Å². The number of fused-ring (bicyclic) bond motifs is 1. The van der Waals surface area contributed by atoms with Crippen molar-refractivity contribution in [1.82, 2.24) is 14.5 Å². The van der Waals surface area contributed by atoms with Gasteiger partial charge in [0.25, 0.3) is 5.91 Å². The second-order valence-corrected chi connectivity index (χ2v) is 4.76. The number of imidazole rings is 1. The Labute approximate surface area is 111 Å². The summed E-state index contributed by atoms with van der Waals surface area (Å²) in [6.45, 7) is 3.75. The number of phenols is 1. The first-order chi connectivity index (χ1) is 9.15. The van der Waals surface area contributed by atoms with Gasteiger partial charge in [-0.25, -0.2) is 4.98 Å². The second-order valence-electron chi connectivity index (χ2n) is 4.76. The van der Waals surface area contributed by atoms with Crippen LogP contribution in [-0.2, 0) is 13.1 Å². The van der Waals surface area contributed by atoms with E-state index in [2.05, 4.69) is 9.55 Å². The number of aromatic hydroxyl groups is 1. The predicted molar refractivity (Wildman–Crippen MR) is 69.8 cm³/mol. The molecule has 2 heterocycles. The van der Waals surface area contributed by atoms with Crippen LogP contribution in [-0.4, -0.2) is 32.0 Å². The highest BCUT2D eigenvalue weighted by Crippen LogP contribution is 2.20. The molecule has 0 bridgehead atoms. The van der Waals surface area contributed by atoms with Crippen LogP contribution in [0.1, 0.15) is 21.7 Å². The average molecular weight is 257 g/mol. The maximum atomic E-state index is 12.4. The van der Waals surface area contributed by atoms with Gasteiger partial charge in [-0.3, -0.25) is 4.79 Å². The SMILES string of the molecule is Cc1ccc(C(=O)N2CCn3ccnc3C2)cc1O. The summed E-state index contributed by atoms with van der Waals surface area (Å²) in [5.74, 6) is 0.991. The largest absolute Gasteiger partial charge is 0.508 e. The van der Waals surface area contributed by atoms with E-state index in [-0.39, 0.29) is 11.7 Å². The van der Waals surface area contributed by atoms with E-state index in [9.17, 15) is 9.90 Å². The Kier molecular flexibility index (Phi) is 2.74. The van der Waals surface area contributed by atoms with Crippen LogP contribution in [0.25, 0.3) is 0 Å². The molecule has 0 saturated carbocycles. The van der Waals surface area contributed by atoms with Gasteiger partial charge in [0.15, 0.2) is 0 Å². The highest BCUT2D eigenvalue weighted by Gasteiger charge is 2.22. The smallest absolute Gasteiger partial charge is 0.254 e. The van der Waals surface area contributed by atoms with Crippen molar-refractivity contribution in [3.8, 4) is 5.75 Å². The van der Waals surface area contributed by atoms with Gasteiger partial charge < -0.3 is 14.6 Å². The van der Waals surface area contributed by atoms with Gasteiger partial charge in [0.2, 0.25) is 0 Å². The van der Waals surface area contributed by atoms with Crippen LogP contribution >= 0.6 is 0 Å². The van der Waals surface area contributed by atoms with Crippen LogP contribution in [0.2, 0.25) is 0 Å². The van der Waals surface area contributed by atoms with Crippen LogP contribution in [0.4, 0.5) is 0 Å². The van der Waals surface area contributed by atoms with Crippen molar-refractivity contribution in [2.75, 3.05) is 6.54 Å². The van der Waals surface area contributed by atoms with Crippen LogP contribution < -0.4 is 0 Å². The molecule has 0 spiro atoms. The van der Waals surface area contributed by atoms with Crippen molar-refractivity contribution >= 4 is 5.91 Å². The van der Waals surface area contributed by atoms with Gasteiger partial charge in [0.1, 0.15) is 11.6 Å². The van der Waals surface area contributed by atoms with Crippen molar-refractivity contribution in [3.05, 3.63) is 47.5 Å². The molecule has 0 fully saturated rings. The Balaban J connectivity index is 1.83. The molecule has 1 aromatic carbocycles. The minimum absolute atomic E-state index is 0.0652. The lowest BCUT2D eigenvalue weighted by Crippen LogP contribution is -2.38. The fourth-order valence-electron chi connectivity index (χ4n) is 2.27. The third-order valence-corrected chi connectivity index (χ3v) is 3.49. The van der Waals surface area contributed by atoms with Gasteiger partial charge in [0, 0.05) is 31.0 Å². The highest BCUT2D eigenvalue weighted by molar-refractivity contribution is 5.94. The summed E-state index contributed by atoms with van der Waals surface area (Å²) in [4.78, 5) is 18.4. The fraction of sp³-hybridized carbons (Fsp3) is 0.286. The molecule has 0 atom stereocenters. The number of nitrogens with zero attached hydrogens (tertiary/aromatic N) is 3. The van der Waals surface area contributed by atoms with Crippen LogP contribution in [0.3, 0.4) is 0 Å². The fourth-order valence-corrected chi connectivity index (χ4v) is 2.27. The Morgan fingerprint density at radius 3 is 3.00 bits per heavy atom. The summed E-state index contributed by atoms with van der Waals surface area (Å²) in [6, 6.07) is 5.03. The van der Waals surface area contributed by atoms with Crippen molar-refractivity contribution < 1.29 is 9.90 Å².